The first-order valence-electron chi connectivity index (χ1n) is 7.62. The summed E-state index contributed by atoms with van der Waals surface area (Å²) in [6, 6.07) is 8.34. The number of benzene rings is 1. The molecule has 0 aliphatic carbocycles. The van der Waals surface area contributed by atoms with Gasteiger partial charge in [0, 0.05) is 13.5 Å². The molecular formula is C18H25O4Si. The van der Waals surface area contributed by atoms with Crippen LogP contribution >= 0.6 is 0 Å². The second kappa shape index (κ2) is 9.45. The van der Waals surface area contributed by atoms with Gasteiger partial charge in [-0.2, -0.15) is 4.89 Å². The van der Waals surface area contributed by atoms with E-state index in [1.54, 1.807) is 19.2 Å². The third kappa shape index (κ3) is 5.16. The lowest BCUT2D eigenvalue weighted by Gasteiger charge is -2.23. The van der Waals surface area contributed by atoms with Crippen molar-refractivity contribution in [2.24, 2.45) is 0 Å². The maximum atomic E-state index is 11.9. The summed E-state index contributed by atoms with van der Waals surface area (Å²) in [5.74, 6) is -0.529. The third-order valence-corrected chi connectivity index (χ3v) is 8.03. The van der Waals surface area contributed by atoms with E-state index in [1.165, 1.54) is 11.8 Å². The summed E-state index contributed by atoms with van der Waals surface area (Å²) in [6.45, 7) is 13.3. The molecule has 0 fully saturated rings. The van der Waals surface area contributed by atoms with Gasteiger partial charge in [-0.1, -0.05) is 35.6 Å². The van der Waals surface area contributed by atoms with Crippen LogP contribution in [0, 0.1) is 6.61 Å². The Morgan fingerprint density at radius 2 is 1.87 bits per heavy atom. The van der Waals surface area contributed by atoms with Crippen molar-refractivity contribution < 1.29 is 19.3 Å². The Balaban J connectivity index is 2.64. The minimum absolute atomic E-state index is 0.0120. The standard InChI is InChI=1S/C18H25O4Si/c1-6-23(7-2,8-3)17-11-9-16(10-12-17)18(19)22-21-14-13-15(4)20-5/h6-7,9-12,14-15H,1-2,8,13H2,3-5H3. The minimum atomic E-state index is -1.87. The molecule has 0 aliphatic heterocycles. The number of ether oxygens (including phenoxy) is 1. The van der Waals surface area contributed by atoms with Crippen LogP contribution in [0.1, 0.15) is 30.6 Å². The van der Waals surface area contributed by atoms with Crippen molar-refractivity contribution in [3.63, 3.8) is 0 Å². The molecule has 0 aromatic heterocycles. The molecule has 0 spiro atoms. The minimum Gasteiger partial charge on any atom is -0.382 e. The summed E-state index contributed by atoms with van der Waals surface area (Å²) < 4.78 is 5.05. The van der Waals surface area contributed by atoms with Crippen molar-refractivity contribution in [2.75, 3.05) is 7.11 Å². The van der Waals surface area contributed by atoms with Crippen molar-refractivity contribution in [3.8, 4) is 0 Å². The molecule has 5 heteroatoms. The van der Waals surface area contributed by atoms with Crippen molar-refractivity contribution >= 4 is 19.2 Å². The SMILES string of the molecule is C=C[Si](C=C)(CC)c1ccc(C(=O)OO[CH]CC(C)OC)cc1. The molecule has 0 heterocycles. The third-order valence-electron chi connectivity index (χ3n) is 3.99. The van der Waals surface area contributed by atoms with E-state index in [9.17, 15) is 4.79 Å². The largest absolute Gasteiger partial charge is 0.382 e. The number of rotatable bonds is 10. The smallest absolute Gasteiger partial charge is 0.373 e. The summed E-state index contributed by atoms with van der Waals surface area (Å²) in [4.78, 5) is 21.5. The van der Waals surface area contributed by atoms with Crippen LogP contribution in [0.25, 0.3) is 0 Å². The zero-order valence-electron chi connectivity index (χ0n) is 14.1. The Morgan fingerprint density at radius 3 is 2.35 bits per heavy atom. The van der Waals surface area contributed by atoms with Gasteiger partial charge < -0.3 is 4.74 Å². The van der Waals surface area contributed by atoms with Crippen molar-refractivity contribution in [3.05, 3.63) is 61.0 Å². The van der Waals surface area contributed by atoms with Crippen molar-refractivity contribution in [2.45, 2.75) is 32.4 Å². The number of methoxy groups -OCH3 is 1. The van der Waals surface area contributed by atoms with Crippen LogP contribution < -0.4 is 5.19 Å². The number of carbonyl (C=O) groups is 1. The molecule has 1 aromatic rings. The fourth-order valence-electron chi connectivity index (χ4n) is 2.13. The van der Waals surface area contributed by atoms with E-state index in [4.69, 9.17) is 14.5 Å². The normalized spacial score (nSPS) is 12.5. The Kier molecular flexibility index (Phi) is 7.95. The zero-order chi connectivity index (χ0) is 17.3. The van der Waals surface area contributed by atoms with Gasteiger partial charge in [0.05, 0.1) is 11.7 Å². The predicted molar refractivity (Wildman–Crippen MR) is 94.6 cm³/mol. The van der Waals surface area contributed by atoms with E-state index in [0.29, 0.717) is 12.0 Å². The van der Waals surface area contributed by atoms with Gasteiger partial charge in [-0.15, -0.1) is 13.2 Å². The van der Waals surface area contributed by atoms with Gasteiger partial charge in [0.25, 0.3) is 0 Å². The van der Waals surface area contributed by atoms with Crippen LogP contribution in [-0.2, 0) is 14.5 Å². The van der Waals surface area contributed by atoms with Gasteiger partial charge in [-0.05, 0) is 25.1 Å². The number of hydrogen-bond acceptors (Lipinski definition) is 4. The molecule has 0 bridgehead atoms. The van der Waals surface area contributed by atoms with Crippen molar-refractivity contribution in [1.82, 2.24) is 0 Å². The average molecular weight is 333 g/mol. The lowest BCUT2D eigenvalue weighted by Crippen LogP contribution is -2.43. The first-order valence-corrected chi connectivity index (χ1v) is 9.99. The van der Waals surface area contributed by atoms with Gasteiger partial charge in [0.15, 0.2) is 0 Å². The van der Waals surface area contributed by atoms with Gasteiger partial charge in [0.1, 0.15) is 14.7 Å². The van der Waals surface area contributed by atoms with E-state index >= 15 is 0 Å². The summed E-state index contributed by atoms with van der Waals surface area (Å²) in [6.07, 6.45) is 0.546. The Labute approximate surface area is 139 Å². The molecule has 0 amide bonds. The van der Waals surface area contributed by atoms with Crippen LogP contribution in [0.5, 0.6) is 0 Å². The van der Waals surface area contributed by atoms with E-state index in [0.717, 1.165) is 6.04 Å². The molecule has 1 unspecified atom stereocenters. The molecule has 0 N–H and O–H groups in total. The maximum absolute atomic E-state index is 11.9. The van der Waals surface area contributed by atoms with E-state index in [-0.39, 0.29) is 6.10 Å². The molecule has 0 saturated carbocycles. The fraction of sp³-hybridized carbons (Fsp3) is 0.333. The molecule has 23 heavy (non-hydrogen) atoms. The highest BCUT2D eigenvalue weighted by Gasteiger charge is 2.26. The maximum Gasteiger partial charge on any atom is 0.373 e. The van der Waals surface area contributed by atoms with Gasteiger partial charge in [0.2, 0.25) is 0 Å². The van der Waals surface area contributed by atoms with Gasteiger partial charge in [-0.3, -0.25) is 4.89 Å². The topological polar surface area (TPSA) is 44.8 Å². The average Bonchev–Trinajstić information content (AvgIpc) is 2.60. The van der Waals surface area contributed by atoms with Crippen molar-refractivity contribution in [1.29, 1.82) is 0 Å². The molecule has 4 nitrogen and oxygen atoms in total. The fourth-order valence-corrected chi connectivity index (χ4v) is 4.54. The van der Waals surface area contributed by atoms with Crippen LogP contribution in [0.3, 0.4) is 0 Å². The molecule has 1 radical (unpaired) electrons. The molecule has 1 aromatic carbocycles. The predicted octanol–water partition coefficient (Wildman–Crippen LogP) is 3.49. The van der Waals surface area contributed by atoms with Crippen LogP contribution in [0.4, 0.5) is 0 Å². The first-order chi connectivity index (χ1) is 11.0. The second-order valence-electron chi connectivity index (χ2n) is 5.30. The highest BCUT2D eigenvalue weighted by molar-refractivity contribution is 6.99. The molecular weight excluding hydrogens is 308 g/mol. The lowest BCUT2D eigenvalue weighted by molar-refractivity contribution is -0.215. The van der Waals surface area contributed by atoms with Crippen LogP contribution in [0.15, 0.2) is 48.8 Å². The number of hydrogen-bond donors (Lipinski definition) is 0. The first kappa shape index (κ1) is 19.4. The highest BCUT2D eigenvalue weighted by Crippen LogP contribution is 2.13. The summed E-state index contributed by atoms with van der Waals surface area (Å²) in [7, 11) is -0.266. The monoisotopic (exact) mass is 333 g/mol. The quantitative estimate of drug-likeness (QED) is 0.285. The van der Waals surface area contributed by atoms with Crippen LogP contribution in [0.2, 0.25) is 6.04 Å². The molecule has 125 valence electrons. The van der Waals surface area contributed by atoms with E-state index < -0.39 is 14.0 Å². The molecule has 1 rings (SSSR count). The summed E-state index contributed by atoms with van der Waals surface area (Å²) >= 11 is 0. The lowest BCUT2D eigenvalue weighted by atomic mass is 10.2. The van der Waals surface area contributed by atoms with Crippen LogP contribution in [-0.4, -0.2) is 27.3 Å². The highest BCUT2D eigenvalue weighted by atomic mass is 28.3. The molecule has 0 aliphatic rings. The zero-order valence-corrected chi connectivity index (χ0v) is 15.1. The second-order valence-corrected chi connectivity index (χ2v) is 9.48. The Hall–Kier alpha value is -1.69. The Bertz CT molecular complexity index is 516. The summed E-state index contributed by atoms with van der Waals surface area (Å²) in [5, 5.41) is 1.17. The van der Waals surface area contributed by atoms with Gasteiger partial charge in [-0.25, -0.2) is 4.79 Å². The number of carbonyl (C=O) groups excluding carboxylic acids is 1. The summed E-state index contributed by atoms with van der Waals surface area (Å²) in [5.41, 5.74) is 4.44. The van der Waals surface area contributed by atoms with E-state index in [2.05, 4.69) is 20.1 Å². The van der Waals surface area contributed by atoms with E-state index in [1.807, 2.05) is 30.5 Å². The molecule has 1 atom stereocenters. The van der Waals surface area contributed by atoms with Gasteiger partial charge >= 0.3 is 5.97 Å². The molecule has 0 saturated heterocycles. The Morgan fingerprint density at radius 1 is 1.26 bits per heavy atom.